The Bertz CT molecular complexity index is 690. The first kappa shape index (κ1) is 12.2. The van der Waals surface area contributed by atoms with Crippen LogP contribution in [0.15, 0.2) is 68.9 Å². The first-order valence-electron chi connectivity index (χ1n) is 5.82. The Hall–Kier alpha value is -2.87. The van der Waals surface area contributed by atoms with E-state index >= 15 is 0 Å². The summed E-state index contributed by atoms with van der Waals surface area (Å²) in [5, 5.41) is 31.5. The second-order valence-electron chi connectivity index (χ2n) is 4.13. The van der Waals surface area contributed by atoms with Crippen LogP contribution in [-0.2, 0) is 0 Å². The van der Waals surface area contributed by atoms with E-state index < -0.39 is 5.79 Å². The van der Waals surface area contributed by atoms with Gasteiger partial charge < -0.3 is 5.11 Å². The van der Waals surface area contributed by atoms with E-state index in [2.05, 4.69) is 30.7 Å². The fourth-order valence-electron chi connectivity index (χ4n) is 1.84. The van der Waals surface area contributed by atoms with E-state index in [1.54, 1.807) is 24.4 Å². The Morgan fingerprint density at radius 2 is 2.00 bits per heavy atom. The summed E-state index contributed by atoms with van der Waals surface area (Å²) < 4.78 is 0. The summed E-state index contributed by atoms with van der Waals surface area (Å²) >= 11 is 0. The summed E-state index contributed by atoms with van der Waals surface area (Å²) in [6.45, 7) is 0. The number of aliphatic hydroxyl groups excluding tert-OH is 1. The molecule has 0 spiro atoms. The maximum Gasteiger partial charge on any atom is 0.273 e. The maximum atomic E-state index is 9.85. The van der Waals surface area contributed by atoms with Crippen LogP contribution < -0.4 is 5.73 Å². The Kier molecular flexibility index (Phi) is 2.84. The predicted octanol–water partition coefficient (Wildman–Crippen LogP) is 2.50. The number of nitrogens with two attached hydrogens (primary N) is 1. The van der Waals surface area contributed by atoms with Crippen LogP contribution in [0.4, 0.5) is 5.82 Å². The zero-order valence-electron chi connectivity index (χ0n) is 10.3. The molecule has 1 atom stereocenters. The van der Waals surface area contributed by atoms with Gasteiger partial charge in [-0.3, -0.25) is 10.8 Å². The van der Waals surface area contributed by atoms with E-state index in [1.165, 1.54) is 0 Å². The molecular formula is C12H11N7O. The zero-order valence-corrected chi connectivity index (χ0v) is 10.3. The SMILES string of the molecule is NC1(/N=N/c2ccn[nH]2)N=NC(O)=C1c1ccccc1. The highest BCUT2D eigenvalue weighted by Gasteiger charge is 2.39. The van der Waals surface area contributed by atoms with Crippen LogP contribution in [0.5, 0.6) is 0 Å². The van der Waals surface area contributed by atoms with Crippen LogP contribution in [0.2, 0.25) is 0 Å². The third-order valence-electron chi connectivity index (χ3n) is 2.75. The molecule has 8 heteroatoms. The normalized spacial score (nSPS) is 22.1. The lowest BCUT2D eigenvalue weighted by Crippen LogP contribution is -2.34. The number of nitrogens with zero attached hydrogens (tertiary/aromatic N) is 5. The monoisotopic (exact) mass is 269 g/mol. The summed E-state index contributed by atoms with van der Waals surface area (Å²) in [6, 6.07) is 10.7. The van der Waals surface area contributed by atoms with E-state index in [0.29, 0.717) is 17.0 Å². The fraction of sp³-hybridized carbons (Fsp3) is 0.0833. The smallest absolute Gasteiger partial charge is 0.273 e. The molecule has 8 nitrogen and oxygen atoms in total. The van der Waals surface area contributed by atoms with Gasteiger partial charge in [-0.25, -0.2) is 0 Å². The van der Waals surface area contributed by atoms with Crippen LogP contribution in [0.25, 0.3) is 5.57 Å². The van der Waals surface area contributed by atoms with Crippen molar-refractivity contribution in [3.8, 4) is 0 Å². The van der Waals surface area contributed by atoms with Crippen LogP contribution in [0, 0.1) is 0 Å². The topological polar surface area (TPSA) is 124 Å². The van der Waals surface area contributed by atoms with Crippen molar-refractivity contribution in [1.82, 2.24) is 10.2 Å². The van der Waals surface area contributed by atoms with Gasteiger partial charge in [0.25, 0.3) is 5.79 Å². The van der Waals surface area contributed by atoms with Crippen molar-refractivity contribution in [2.45, 2.75) is 5.79 Å². The van der Waals surface area contributed by atoms with E-state index in [0.717, 1.165) is 0 Å². The molecule has 4 N–H and O–H groups in total. The van der Waals surface area contributed by atoms with Gasteiger partial charge in [0.05, 0.1) is 11.8 Å². The van der Waals surface area contributed by atoms with Crippen molar-refractivity contribution in [2.75, 3.05) is 0 Å². The van der Waals surface area contributed by atoms with Gasteiger partial charge >= 0.3 is 0 Å². The second-order valence-corrected chi connectivity index (χ2v) is 4.13. The predicted molar refractivity (Wildman–Crippen MR) is 70.9 cm³/mol. The number of H-pyrrole nitrogens is 1. The van der Waals surface area contributed by atoms with E-state index in [-0.39, 0.29) is 5.88 Å². The highest BCUT2D eigenvalue weighted by molar-refractivity contribution is 5.75. The lowest BCUT2D eigenvalue weighted by atomic mass is 10.0. The van der Waals surface area contributed by atoms with Gasteiger partial charge in [-0.2, -0.15) is 5.10 Å². The molecule has 0 saturated carbocycles. The number of aromatic nitrogens is 2. The number of hydrogen-bond donors (Lipinski definition) is 3. The summed E-state index contributed by atoms with van der Waals surface area (Å²) in [5.74, 6) is -1.37. The highest BCUT2D eigenvalue weighted by Crippen LogP contribution is 2.36. The Balaban J connectivity index is 1.98. The summed E-state index contributed by atoms with van der Waals surface area (Å²) in [5.41, 5.74) is 7.06. The number of aromatic amines is 1. The number of hydrogen-bond acceptors (Lipinski definition) is 7. The van der Waals surface area contributed by atoms with Crippen LogP contribution in [-0.4, -0.2) is 21.1 Å². The molecule has 1 aliphatic rings. The summed E-state index contributed by atoms with van der Waals surface area (Å²) in [4.78, 5) is 0. The standard InChI is InChI=1S/C12H11N7O/c13-12(18-16-9-6-7-14-15-9)10(11(20)17-19-12)8-4-2-1-3-5-8/h1-7,20H,13H2,(H,14,15)/b18-16+. The molecule has 0 fully saturated rings. The van der Waals surface area contributed by atoms with Gasteiger partial charge in [-0.05, 0) is 5.56 Å². The van der Waals surface area contributed by atoms with Crippen molar-refractivity contribution in [3.63, 3.8) is 0 Å². The van der Waals surface area contributed by atoms with Crippen molar-refractivity contribution < 1.29 is 5.11 Å². The van der Waals surface area contributed by atoms with Crippen LogP contribution in [0.3, 0.4) is 0 Å². The van der Waals surface area contributed by atoms with Crippen molar-refractivity contribution in [1.29, 1.82) is 0 Å². The molecule has 1 unspecified atom stereocenters. The molecule has 3 rings (SSSR count). The van der Waals surface area contributed by atoms with Gasteiger partial charge in [0.2, 0.25) is 5.88 Å². The molecule has 0 aliphatic carbocycles. The van der Waals surface area contributed by atoms with E-state index in [9.17, 15) is 5.11 Å². The highest BCUT2D eigenvalue weighted by atomic mass is 16.3. The minimum Gasteiger partial charge on any atom is -0.492 e. The number of rotatable bonds is 3. The third-order valence-corrected chi connectivity index (χ3v) is 2.75. The van der Waals surface area contributed by atoms with E-state index in [4.69, 9.17) is 5.73 Å². The van der Waals surface area contributed by atoms with Crippen LogP contribution >= 0.6 is 0 Å². The largest absolute Gasteiger partial charge is 0.492 e. The number of nitrogens with one attached hydrogen (secondary N) is 1. The Morgan fingerprint density at radius 1 is 1.20 bits per heavy atom. The van der Waals surface area contributed by atoms with E-state index in [1.807, 2.05) is 18.2 Å². The van der Waals surface area contributed by atoms with Gasteiger partial charge in [0.15, 0.2) is 5.82 Å². The summed E-state index contributed by atoms with van der Waals surface area (Å²) in [7, 11) is 0. The number of azo groups is 2. The maximum absolute atomic E-state index is 9.85. The lowest BCUT2D eigenvalue weighted by Gasteiger charge is -2.16. The second kappa shape index (κ2) is 4.67. The molecule has 20 heavy (non-hydrogen) atoms. The van der Waals surface area contributed by atoms with Gasteiger partial charge in [-0.15, -0.1) is 20.5 Å². The molecule has 2 heterocycles. The molecule has 1 aromatic heterocycles. The van der Waals surface area contributed by atoms with Crippen molar-refractivity contribution in [2.24, 2.45) is 26.2 Å². The van der Waals surface area contributed by atoms with Gasteiger partial charge in [0.1, 0.15) is 0 Å². The molecule has 1 aliphatic heterocycles. The quantitative estimate of drug-likeness (QED) is 0.741. The fourth-order valence-corrected chi connectivity index (χ4v) is 1.84. The zero-order chi connectivity index (χ0) is 14.0. The van der Waals surface area contributed by atoms with Gasteiger partial charge in [0, 0.05) is 6.07 Å². The van der Waals surface area contributed by atoms with Gasteiger partial charge in [-0.1, -0.05) is 30.3 Å². The first-order chi connectivity index (χ1) is 9.69. The Morgan fingerprint density at radius 3 is 2.70 bits per heavy atom. The minimum absolute atomic E-state index is 0.262. The lowest BCUT2D eigenvalue weighted by molar-refractivity contribution is 0.408. The number of aliphatic hydroxyl groups is 1. The summed E-state index contributed by atoms with van der Waals surface area (Å²) in [6.07, 6.45) is 1.54. The molecule has 2 aromatic rings. The van der Waals surface area contributed by atoms with Crippen LogP contribution in [0.1, 0.15) is 5.56 Å². The molecule has 100 valence electrons. The minimum atomic E-state index is -1.55. The molecule has 1 aromatic carbocycles. The molecular weight excluding hydrogens is 258 g/mol. The average molecular weight is 269 g/mol. The third kappa shape index (κ3) is 2.08. The van der Waals surface area contributed by atoms with Crippen molar-refractivity contribution >= 4 is 11.4 Å². The first-order valence-corrected chi connectivity index (χ1v) is 5.82. The number of benzene rings is 1. The molecule has 0 amide bonds. The molecule has 0 bridgehead atoms. The molecule has 0 radical (unpaired) electrons. The van der Waals surface area contributed by atoms with Crippen molar-refractivity contribution in [3.05, 3.63) is 54.0 Å². The average Bonchev–Trinajstić information content (AvgIpc) is 3.07. The molecule has 0 saturated heterocycles. The Labute approximate surface area is 113 Å².